The van der Waals surface area contributed by atoms with Gasteiger partial charge in [-0.05, 0) is 43.4 Å². The van der Waals surface area contributed by atoms with Crippen LogP contribution in [0.4, 0.5) is 0 Å². The Hall–Kier alpha value is -2.96. The summed E-state index contributed by atoms with van der Waals surface area (Å²) in [6.07, 6.45) is 3.07. The van der Waals surface area contributed by atoms with Crippen LogP contribution in [0.2, 0.25) is 0 Å². The highest BCUT2D eigenvalue weighted by Crippen LogP contribution is 2.20. The summed E-state index contributed by atoms with van der Waals surface area (Å²) >= 11 is 1.56. The smallest absolute Gasteiger partial charge is 0.270 e. The predicted octanol–water partition coefficient (Wildman–Crippen LogP) is 5.95. The Morgan fingerprint density at radius 1 is 1.09 bits per heavy atom. The van der Waals surface area contributed by atoms with Crippen molar-refractivity contribution in [2.45, 2.75) is 53.2 Å². The Bertz CT molecular complexity index is 1220. The Kier molecular flexibility index (Phi) is 7.80. The largest absolute Gasteiger partial charge is 0.361 e. The number of aromatic amines is 1. The van der Waals surface area contributed by atoms with Gasteiger partial charge in [0.15, 0.2) is 0 Å². The zero-order valence-corrected chi connectivity index (χ0v) is 21.3. The number of H-pyrrole nitrogens is 1. The Balaban J connectivity index is 1.47. The maximum absolute atomic E-state index is 12.6. The molecule has 1 unspecified atom stereocenters. The lowest BCUT2D eigenvalue weighted by Crippen LogP contribution is -2.36. The molecule has 1 amide bonds. The van der Waals surface area contributed by atoms with Crippen molar-refractivity contribution >= 4 is 28.1 Å². The standard InChI is InChI=1S/C28H34N4OS/c1-19(2)21(4)30-28(33)26-18-34-27(31-26)17-32(16-22-11-9-20(3)10-12-22)14-13-23-15-29-25-8-6-5-7-24(23)25/h5-12,15,18-19,21,29H,13-14,16-17H2,1-4H3,(H,30,33). The van der Waals surface area contributed by atoms with Crippen LogP contribution in [-0.2, 0) is 19.5 Å². The van der Waals surface area contributed by atoms with E-state index in [0.717, 1.165) is 24.5 Å². The summed E-state index contributed by atoms with van der Waals surface area (Å²) in [4.78, 5) is 23.1. The van der Waals surface area contributed by atoms with Gasteiger partial charge in [0, 0.05) is 41.6 Å². The molecule has 4 aromatic rings. The number of carbonyl (C=O) groups is 1. The van der Waals surface area contributed by atoms with Gasteiger partial charge in [0.1, 0.15) is 10.7 Å². The monoisotopic (exact) mass is 474 g/mol. The molecule has 34 heavy (non-hydrogen) atoms. The second kappa shape index (κ2) is 11.0. The summed E-state index contributed by atoms with van der Waals surface area (Å²) in [5, 5.41) is 7.18. The second-order valence-corrected chi connectivity index (χ2v) is 10.4. The first-order valence-corrected chi connectivity index (χ1v) is 12.8. The van der Waals surface area contributed by atoms with Gasteiger partial charge in [-0.3, -0.25) is 9.69 Å². The molecule has 0 fully saturated rings. The normalized spacial score (nSPS) is 12.5. The first-order valence-electron chi connectivity index (χ1n) is 12.0. The number of aryl methyl sites for hydroxylation is 1. The first kappa shape index (κ1) is 24.2. The van der Waals surface area contributed by atoms with E-state index in [0.29, 0.717) is 18.2 Å². The lowest BCUT2D eigenvalue weighted by Gasteiger charge is -2.21. The van der Waals surface area contributed by atoms with Crippen LogP contribution in [0.1, 0.15) is 53.0 Å². The highest BCUT2D eigenvalue weighted by Gasteiger charge is 2.17. The molecule has 0 saturated heterocycles. The van der Waals surface area contributed by atoms with Gasteiger partial charge in [-0.2, -0.15) is 0 Å². The van der Waals surface area contributed by atoms with Gasteiger partial charge in [-0.1, -0.05) is 61.9 Å². The van der Waals surface area contributed by atoms with Crippen molar-refractivity contribution in [3.8, 4) is 0 Å². The molecule has 0 spiro atoms. The van der Waals surface area contributed by atoms with Crippen molar-refractivity contribution in [1.29, 1.82) is 0 Å². The number of amides is 1. The van der Waals surface area contributed by atoms with Crippen LogP contribution >= 0.6 is 11.3 Å². The summed E-state index contributed by atoms with van der Waals surface area (Å²) in [7, 11) is 0. The Morgan fingerprint density at radius 3 is 2.62 bits per heavy atom. The van der Waals surface area contributed by atoms with Crippen LogP contribution in [0.3, 0.4) is 0 Å². The quantitative estimate of drug-likeness (QED) is 0.298. The fourth-order valence-corrected chi connectivity index (χ4v) is 4.72. The van der Waals surface area contributed by atoms with Crippen LogP contribution in [0.15, 0.2) is 60.1 Å². The lowest BCUT2D eigenvalue weighted by atomic mass is 10.1. The first-order chi connectivity index (χ1) is 16.4. The molecular formula is C28H34N4OS. The van der Waals surface area contributed by atoms with E-state index < -0.39 is 0 Å². The van der Waals surface area contributed by atoms with E-state index >= 15 is 0 Å². The van der Waals surface area contributed by atoms with Gasteiger partial charge >= 0.3 is 0 Å². The minimum Gasteiger partial charge on any atom is -0.361 e. The van der Waals surface area contributed by atoms with Crippen molar-refractivity contribution in [2.75, 3.05) is 6.54 Å². The third-order valence-corrected chi connectivity index (χ3v) is 7.23. The van der Waals surface area contributed by atoms with Crippen molar-refractivity contribution in [1.82, 2.24) is 20.2 Å². The minimum atomic E-state index is -0.0902. The number of nitrogens with zero attached hydrogens (tertiary/aromatic N) is 2. The zero-order chi connectivity index (χ0) is 24.1. The summed E-state index contributed by atoms with van der Waals surface area (Å²) in [5.41, 5.74) is 5.56. The lowest BCUT2D eigenvalue weighted by molar-refractivity contribution is 0.0925. The van der Waals surface area contributed by atoms with E-state index in [4.69, 9.17) is 0 Å². The van der Waals surface area contributed by atoms with Gasteiger partial charge < -0.3 is 10.3 Å². The van der Waals surface area contributed by atoms with Gasteiger partial charge in [0.25, 0.3) is 5.91 Å². The van der Waals surface area contributed by atoms with Crippen LogP contribution < -0.4 is 5.32 Å². The van der Waals surface area contributed by atoms with Gasteiger partial charge in [0.2, 0.25) is 0 Å². The maximum Gasteiger partial charge on any atom is 0.270 e. The van der Waals surface area contributed by atoms with E-state index in [1.807, 2.05) is 12.3 Å². The number of aromatic nitrogens is 2. The van der Waals surface area contributed by atoms with Gasteiger partial charge in [-0.15, -0.1) is 11.3 Å². The van der Waals surface area contributed by atoms with Crippen molar-refractivity contribution in [3.05, 3.63) is 87.5 Å². The third kappa shape index (κ3) is 6.13. The zero-order valence-electron chi connectivity index (χ0n) is 20.5. The van der Waals surface area contributed by atoms with Crippen LogP contribution in [-0.4, -0.2) is 33.4 Å². The molecule has 6 heteroatoms. The Labute approximate surface area is 206 Å². The van der Waals surface area contributed by atoms with E-state index in [2.05, 4.69) is 95.7 Å². The molecule has 2 N–H and O–H groups in total. The van der Waals surface area contributed by atoms with E-state index in [1.54, 1.807) is 11.3 Å². The highest BCUT2D eigenvalue weighted by molar-refractivity contribution is 7.09. The molecule has 0 aliphatic heterocycles. The number of rotatable bonds is 10. The molecule has 1 atom stereocenters. The van der Waals surface area contributed by atoms with E-state index in [1.165, 1.54) is 27.6 Å². The number of thiazole rings is 1. The molecular weight excluding hydrogens is 440 g/mol. The maximum atomic E-state index is 12.6. The molecule has 2 aromatic heterocycles. The number of hydrogen-bond donors (Lipinski definition) is 2. The summed E-state index contributed by atoms with van der Waals surface area (Å²) in [6.45, 7) is 10.8. The van der Waals surface area contributed by atoms with Crippen molar-refractivity contribution in [2.24, 2.45) is 5.92 Å². The van der Waals surface area contributed by atoms with E-state index in [9.17, 15) is 4.79 Å². The average Bonchev–Trinajstić information content (AvgIpc) is 3.46. The molecule has 178 valence electrons. The second-order valence-electron chi connectivity index (χ2n) is 9.44. The number of hydrogen-bond acceptors (Lipinski definition) is 4. The summed E-state index contributed by atoms with van der Waals surface area (Å²) < 4.78 is 0. The van der Waals surface area contributed by atoms with Crippen LogP contribution in [0, 0.1) is 12.8 Å². The van der Waals surface area contributed by atoms with Crippen LogP contribution in [0.5, 0.6) is 0 Å². The van der Waals surface area contributed by atoms with Gasteiger partial charge in [-0.25, -0.2) is 4.98 Å². The SMILES string of the molecule is Cc1ccc(CN(CCc2c[nH]c3ccccc23)Cc2nc(C(=O)NC(C)C(C)C)cs2)cc1. The molecule has 0 aliphatic carbocycles. The molecule has 2 heterocycles. The fraction of sp³-hybridized carbons (Fsp3) is 0.357. The minimum absolute atomic E-state index is 0.0902. The highest BCUT2D eigenvalue weighted by atomic mass is 32.1. The van der Waals surface area contributed by atoms with Crippen molar-refractivity contribution in [3.63, 3.8) is 0 Å². The molecule has 0 aliphatic rings. The molecule has 4 rings (SSSR count). The Morgan fingerprint density at radius 2 is 1.85 bits per heavy atom. The number of fused-ring (bicyclic) bond motifs is 1. The predicted molar refractivity (Wildman–Crippen MR) is 141 cm³/mol. The molecule has 5 nitrogen and oxygen atoms in total. The third-order valence-electron chi connectivity index (χ3n) is 6.40. The molecule has 0 bridgehead atoms. The molecule has 2 aromatic carbocycles. The van der Waals surface area contributed by atoms with Crippen LogP contribution in [0.25, 0.3) is 10.9 Å². The number of para-hydroxylation sites is 1. The summed E-state index contributed by atoms with van der Waals surface area (Å²) in [5.74, 6) is 0.296. The number of nitrogens with one attached hydrogen (secondary N) is 2. The fourth-order valence-electron chi connectivity index (χ4n) is 3.91. The topological polar surface area (TPSA) is 61.0 Å². The molecule has 0 radical (unpaired) electrons. The number of carbonyl (C=O) groups excluding carboxylic acids is 1. The average molecular weight is 475 g/mol. The number of benzene rings is 2. The van der Waals surface area contributed by atoms with Crippen molar-refractivity contribution < 1.29 is 4.79 Å². The van der Waals surface area contributed by atoms with Gasteiger partial charge in [0.05, 0.1) is 6.54 Å². The summed E-state index contributed by atoms with van der Waals surface area (Å²) in [6, 6.07) is 17.3. The van der Waals surface area contributed by atoms with E-state index in [-0.39, 0.29) is 11.9 Å². The molecule has 0 saturated carbocycles.